The second-order valence-corrected chi connectivity index (χ2v) is 7.25. The lowest BCUT2D eigenvalue weighted by atomic mass is 10.2. The molecule has 0 aliphatic heterocycles. The molecule has 1 N–H and O–H groups in total. The zero-order chi connectivity index (χ0) is 16.3. The zero-order valence-corrected chi connectivity index (χ0v) is 14.5. The van der Waals surface area contributed by atoms with Crippen molar-refractivity contribution in [3.8, 4) is 0 Å². The largest absolute Gasteiger partial charge is 0.465 e. The maximum atomic E-state index is 12.4. The first kappa shape index (κ1) is 16.8. The Bertz CT molecular complexity index is 823. The van der Waals surface area contributed by atoms with Gasteiger partial charge in [0.1, 0.15) is 0 Å². The van der Waals surface area contributed by atoms with Crippen molar-refractivity contribution in [1.29, 1.82) is 0 Å². The molecule has 0 radical (unpaired) electrons. The normalized spacial score (nSPS) is 11.0. The molecule has 0 amide bonds. The Kier molecular flexibility index (Phi) is 5.10. The van der Waals surface area contributed by atoms with Crippen molar-refractivity contribution in [2.75, 3.05) is 11.8 Å². The van der Waals surface area contributed by atoms with Gasteiger partial charge in [-0.15, -0.1) is 0 Å². The SMILES string of the molecule is COC(=O)c1cccc(S(=O)(=O)Nc2ccc(Br)cc2Cl)c1. The van der Waals surface area contributed by atoms with Gasteiger partial charge >= 0.3 is 5.97 Å². The number of carbonyl (C=O) groups is 1. The third-order valence-corrected chi connectivity index (χ3v) is 4.91. The highest BCUT2D eigenvalue weighted by molar-refractivity contribution is 9.10. The van der Waals surface area contributed by atoms with Crippen molar-refractivity contribution in [3.63, 3.8) is 0 Å². The molecule has 2 aromatic rings. The second kappa shape index (κ2) is 6.68. The fraction of sp³-hybridized carbons (Fsp3) is 0.0714. The molecule has 2 rings (SSSR count). The molecule has 0 bridgehead atoms. The van der Waals surface area contributed by atoms with E-state index in [1.807, 2.05) is 0 Å². The Morgan fingerprint density at radius 3 is 2.59 bits per heavy atom. The Morgan fingerprint density at radius 2 is 1.95 bits per heavy atom. The number of benzene rings is 2. The molecule has 0 unspecified atom stereocenters. The van der Waals surface area contributed by atoms with Gasteiger partial charge in [-0.1, -0.05) is 33.6 Å². The van der Waals surface area contributed by atoms with Crippen molar-refractivity contribution in [3.05, 3.63) is 57.5 Å². The summed E-state index contributed by atoms with van der Waals surface area (Å²) in [6.45, 7) is 0. The van der Waals surface area contributed by atoms with E-state index in [2.05, 4.69) is 25.4 Å². The third kappa shape index (κ3) is 3.79. The van der Waals surface area contributed by atoms with Gasteiger partial charge in [-0.05, 0) is 36.4 Å². The summed E-state index contributed by atoms with van der Waals surface area (Å²) >= 11 is 9.24. The molecule has 0 fully saturated rings. The highest BCUT2D eigenvalue weighted by atomic mass is 79.9. The number of hydrogen-bond donors (Lipinski definition) is 1. The van der Waals surface area contributed by atoms with Crippen LogP contribution in [0.3, 0.4) is 0 Å². The second-order valence-electron chi connectivity index (χ2n) is 4.25. The van der Waals surface area contributed by atoms with Gasteiger partial charge in [0.25, 0.3) is 10.0 Å². The summed E-state index contributed by atoms with van der Waals surface area (Å²) in [4.78, 5) is 11.4. The molecular formula is C14H11BrClNO4S. The van der Waals surface area contributed by atoms with E-state index in [0.717, 1.165) is 4.47 Å². The summed E-state index contributed by atoms with van der Waals surface area (Å²) in [6, 6.07) is 10.3. The Morgan fingerprint density at radius 1 is 1.23 bits per heavy atom. The van der Waals surface area contributed by atoms with Crippen LogP contribution in [0.25, 0.3) is 0 Å². The molecule has 8 heteroatoms. The molecule has 0 saturated heterocycles. The van der Waals surface area contributed by atoms with Gasteiger partial charge in [-0.3, -0.25) is 4.72 Å². The van der Waals surface area contributed by atoms with Crippen molar-refractivity contribution >= 4 is 49.2 Å². The highest BCUT2D eigenvalue weighted by Crippen LogP contribution is 2.28. The van der Waals surface area contributed by atoms with Gasteiger partial charge in [0.05, 0.1) is 28.3 Å². The van der Waals surface area contributed by atoms with E-state index in [-0.39, 0.29) is 21.2 Å². The minimum atomic E-state index is -3.87. The predicted molar refractivity (Wildman–Crippen MR) is 87.7 cm³/mol. The van der Waals surface area contributed by atoms with Gasteiger partial charge in [0, 0.05) is 4.47 Å². The molecule has 0 aromatic heterocycles. The van der Waals surface area contributed by atoms with E-state index < -0.39 is 16.0 Å². The quantitative estimate of drug-likeness (QED) is 0.789. The first-order valence-electron chi connectivity index (χ1n) is 6.00. The fourth-order valence-electron chi connectivity index (χ4n) is 1.68. The number of rotatable bonds is 4. The van der Waals surface area contributed by atoms with Crippen molar-refractivity contribution in [2.24, 2.45) is 0 Å². The maximum absolute atomic E-state index is 12.4. The lowest BCUT2D eigenvalue weighted by Gasteiger charge is -2.10. The summed E-state index contributed by atoms with van der Waals surface area (Å²) in [6.07, 6.45) is 0. The molecular weight excluding hydrogens is 394 g/mol. The monoisotopic (exact) mass is 403 g/mol. The molecule has 116 valence electrons. The molecule has 5 nitrogen and oxygen atoms in total. The number of sulfonamides is 1. The van der Waals surface area contributed by atoms with Crippen LogP contribution in [0, 0.1) is 0 Å². The minimum absolute atomic E-state index is 0.0608. The molecule has 0 saturated carbocycles. The number of carbonyl (C=O) groups excluding carboxylic acids is 1. The van der Waals surface area contributed by atoms with E-state index >= 15 is 0 Å². The molecule has 0 aliphatic rings. The van der Waals surface area contributed by atoms with Gasteiger partial charge in [-0.25, -0.2) is 13.2 Å². The number of hydrogen-bond acceptors (Lipinski definition) is 4. The van der Waals surface area contributed by atoms with Gasteiger partial charge < -0.3 is 4.74 Å². The summed E-state index contributed by atoms with van der Waals surface area (Å²) in [7, 11) is -2.64. The van der Waals surface area contributed by atoms with Gasteiger partial charge in [-0.2, -0.15) is 0 Å². The van der Waals surface area contributed by atoms with Crippen LogP contribution in [0.15, 0.2) is 51.8 Å². The first-order valence-corrected chi connectivity index (χ1v) is 8.65. The zero-order valence-electron chi connectivity index (χ0n) is 11.3. The Hall–Kier alpha value is -1.57. The third-order valence-electron chi connectivity index (χ3n) is 2.74. The number of halogens is 2. The van der Waals surface area contributed by atoms with Crippen molar-refractivity contribution in [2.45, 2.75) is 4.90 Å². The average molecular weight is 405 g/mol. The van der Waals surface area contributed by atoms with Crippen LogP contribution in [0.5, 0.6) is 0 Å². The lowest BCUT2D eigenvalue weighted by Crippen LogP contribution is -2.14. The van der Waals surface area contributed by atoms with Crippen LogP contribution in [0.1, 0.15) is 10.4 Å². The first-order chi connectivity index (χ1) is 10.3. The molecule has 0 heterocycles. The smallest absolute Gasteiger partial charge is 0.337 e. The number of nitrogens with one attached hydrogen (secondary N) is 1. The molecule has 22 heavy (non-hydrogen) atoms. The van der Waals surface area contributed by atoms with E-state index in [1.54, 1.807) is 12.1 Å². The minimum Gasteiger partial charge on any atom is -0.465 e. The maximum Gasteiger partial charge on any atom is 0.337 e. The van der Waals surface area contributed by atoms with Gasteiger partial charge in [0.2, 0.25) is 0 Å². The Balaban J connectivity index is 2.36. The summed E-state index contributed by atoms with van der Waals surface area (Å²) in [5.74, 6) is -0.612. The van der Waals surface area contributed by atoms with E-state index in [1.165, 1.54) is 37.4 Å². The van der Waals surface area contributed by atoms with Crippen LogP contribution < -0.4 is 4.72 Å². The highest BCUT2D eigenvalue weighted by Gasteiger charge is 2.18. The molecule has 0 spiro atoms. The average Bonchev–Trinajstić information content (AvgIpc) is 2.49. The van der Waals surface area contributed by atoms with E-state index in [0.29, 0.717) is 0 Å². The summed E-state index contributed by atoms with van der Waals surface area (Å²) < 4.78 is 32.4. The van der Waals surface area contributed by atoms with Crippen LogP contribution >= 0.6 is 27.5 Å². The van der Waals surface area contributed by atoms with Crippen molar-refractivity contribution in [1.82, 2.24) is 0 Å². The number of esters is 1. The van der Waals surface area contributed by atoms with Gasteiger partial charge in [0.15, 0.2) is 0 Å². The van der Waals surface area contributed by atoms with E-state index in [4.69, 9.17) is 11.6 Å². The lowest BCUT2D eigenvalue weighted by molar-refractivity contribution is 0.0600. The van der Waals surface area contributed by atoms with Crippen LogP contribution in [-0.2, 0) is 14.8 Å². The number of methoxy groups -OCH3 is 1. The summed E-state index contributed by atoms with van der Waals surface area (Å²) in [5.41, 5.74) is 0.389. The Labute approximate surface area is 141 Å². The van der Waals surface area contributed by atoms with Crippen LogP contribution in [-0.4, -0.2) is 21.5 Å². The summed E-state index contributed by atoms with van der Waals surface area (Å²) in [5, 5.41) is 0.252. The standard InChI is InChI=1S/C14H11BrClNO4S/c1-21-14(18)9-3-2-4-11(7-9)22(19,20)17-13-6-5-10(15)8-12(13)16/h2-8,17H,1H3. The number of anilines is 1. The number of ether oxygens (including phenoxy) is 1. The van der Waals surface area contributed by atoms with E-state index in [9.17, 15) is 13.2 Å². The molecule has 0 atom stereocenters. The fourth-order valence-corrected chi connectivity index (χ4v) is 3.59. The molecule has 2 aromatic carbocycles. The predicted octanol–water partition coefficient (Wildman–Crippen LogP) is 3.69. The van der Waals surface area contributed by atoms with Crippen molar-refractivity contribution < 1.29 is 17.9 Å². The van der Waals surface area contributed by atoms with Crippen LogP contribution in [0.2, 0.25) is 5.02 Å². The van der Waals surface area contributed by atoms with Crippen LogP contribution in [0.4, 0.5) is 5.69 Å². The topological polar surface area (TPSA) is 72.5 Å². The molecule has 0 aliphatic carbocycles.